The molecule has 0 amide bonds. The molecule has 0 aromatic carbocycles. The fourth-order valence-corrected chi connectivity index (χ4v) is 1.94. The maximum atomic E-state index is 4.25. The monoisotopic (exact) mass is 140 g/mol. The summed E-state index contributed by atoms with van der Waals surface area (Å²) in [4.78, 5) is 4.25. The van der Waals surface area contributed by atoms with Crippen molar-refractivity contribution in [3.05, 3.63) is 11.5 Å². The Bertz CT molecular complexity index is 176. The fraction of sp³-hybridized carbons (Fsp3) is 0.500. The Kier molecular flexibility index (Phi) is 1.13. The molecular formula is C6H8N2S. The predicted molar refractivity (Wildman–Crippen MR) is 40.3 cm³/mol. The van der Waals surface area contributed by atoms with Gasteiger partial charge in [0, 0.05) is 6.21 Å². The third kappa shape index (κ3) is 0.721. The molecule has 0 N–H and O–H groups in total. The lowest BCUT2D eigenvalue weighted by atomic mass is 10.3. The van der Waals surface area contributed by atoms with Crippen LogP contribution < -0.4 is 0 Å². The van der Waals surface area contributed by atoms with Gasteiger partial charge in [-0.05, 0) is 24.3 Å². The van der Waals surface area contributed by atoms with E-state index in [-0.39, 0.29) is 0 Å². The average Bonchev–Trinajstić information content (AvgIpc) is 2.35. The van der Waals surface area contributed by atoms with Crippen LogP contribution in [-0.2, 0) is 0 Å². The summed E-state index contributed by atoms with van der Waals surface area (Å²) in [7, 11) is 0. The number of rotatable bonds is 0. The smallest absolute Gasteiger partial charge is 0.109 e. The molecule has 2 unspecified atom stereocenters. The maximum absolute atomic E-state index is 4.25. The molecule has 2 nitrogen and oxygen atoms in total. The molecule has 48 valence electrons. The number of hydrogen-bond donors (Lipinski definition) is 0. The van der Waals surface area contributed by atoms with Gasteiger partial charge in [0.2, 0.25) is 0 Å². The molecule has 0 saturated carbocycles. The summed E-state index contributed by atoms with van der Waals surface area (Å²) in [5.74, 6) is 0. The molecule has 0 radical (unpaired) electrons. The lowest BCUT2D eigenvalue weighted by Gasteiger charge is -2.15. The molecule has 2 rings (SSSR count). The summed E-state index contributed by atoms with van der Waals surface area (Å²) < 4.78 is 2.26. The average molecular weight is 140 g/mol. The highest BCUT2D eigenvalue weighted by molar-refractivity contribution is 8.00. The van der Waals surface area contributed by atoms with Gasteiger partial charge in [-0.3, -0.25) is 4.99 Å². The summed E-state index contributed by atoms with van der Waals surface area (Å²) in [6.07, 6.45) is 4.54. The van der Waals surface area contributed by atoms with E-state index in [9.17, 15) is 0 Å². The highest BCUT2D eigenvalue weighted by Gasteiger charge is 2.27. The van der Waals surface area contributed by atoms with Crippen LogP contribution in [0, 0.1) is 0 Å². The van der Waals surface area contributed by atoms with Gasteiger partial charge in [0.25, 0.3) is 0 Å². The molecule has 2 atom stereocenters. The van der Waals surface area contributed by atoms with Gasteiger partial charge >= 0.3 is 0 Å². The van der Waals surface area contributed by atoms with Crippen molar-refractivity contribution >= 4 is 18.2 Å². The predicted octanol–water partition coefficient (Wildman–Crippen LogP) is 1.26. The van der Waals surface area contributed by atoms with Crippen LogP contribution in [0.15, 0.2) is 16.5 Å². The molecule has 2 aliphatic heterocycles. The topological polar surface area (TPSA) is 15.6 Å². The normalized spacial score (nSPS) is 40.1. The van der Waals surface area contributed by atoms with Crippen LogP contribution in [0.25, 0.3) is 0 Å². The van der Waals surface area contributed by atoms with Crippen molar-refractivity contribution in [3.8, 4) is 0 Å². The Morgan fingerprint density at radius 2 is 2.56 bits per heavy atom. The first-order valence-electron chi connectivity index (χ1n) is 3.03. The number of fused-ring (bicyclic) bond motifs is 1. The molecule has 2 aliphatic rings. The Morgan fingerprint density at radius 1 is 1.67 bits per heavy atom. The van der Waals surface area contributed by atoms with Gasteiger partial charge in [-0.1, -0.05) is 6.08 Å². The molecule has 9 heavy (non-hydrogen) atoms. The quantitative estimate of drug-likeness (QED) is 0.471. The van der Waals surface area contributed by atoms with E-state index in [1.54, 1.807) is 11.9 Å². The zero-order valence-corrected chi connectivity index (χ0v) is 6.01. The van der Waals surface area contributed by atoms with Crippen molar-refractivity contribution in [3.63, 3.8) is 0 Å². The van der Waals surface area contributed by atoms with Crippen molar-refractivity contribution < 1.29 is 0 Å². The third-order valence-corrected chi connectivity index (χ3v) is 2.65. The molecule has 0 bridgehead atoms. The summed E-state index contributed by atoms with van der Waals surface area (Å²) in [6.45, 7) is 2.11. The highest BCUT2D eigenvalue weighted by Crippen LogP contribution is 2.29. The largest absolute Gasteiger partial charge is 0.276 e. The summed E-state index contributed by atoms with van der Waals surface area (Å²) in [6, 6.07) is 0.477. The zero-order chi connectivity index (χ0) is 6.27. The molecular weight excluding hydrogens is 132 g/mol. The Hall–Kier alpha value is -0.280. The lowest BCUT2D eigenvalue weighted by molar-refractivity contribution is 0.426. The molecule has 0 aliphatic carbocycles. The summed E-state index contributed by atoms with van der Waals surface area (Å²) in [5.41, 5.74) is 0. The maximum Gasteiger partial charge on any atom is 0.109 e. The zero-order valence-electron chi connectivity index (χ0n) is 5.19. The van der Waals surface area contributed by atoms with E-state index in [0.717, 1.165) is 0 Å². The molecule has 0 aromatic heterocycles. The van der Waals surface area contributed by atoms with E-state index in [1.807, 2.05) is 6.21 Å². The van der Waals surface area contributed by atoms with Crippen molar-refractivity contribution in [2.45, 2.75) is 19.1 Å². The summed E-state index contributed by atoms with van der Waals surface area (Å²) >= 11 is 1.75. The highest BCUT2D eigenvalue weighted by atomic mass is 32.2. The van der Waals surface area contributed by atoms with Crippen LogP contribution in [0.3, 0.4) is 0 Å². The van der Waals surface area contributed by atoms with Crippen LogP contribution in [0.2, 0.25) is 0 Å². The minimum absolute atomic E-state index is 0.370. The number of hydrogen-bond acceptors (Lipinski definition) is 3. The van der Waals surface area contributed by atoms with Crippen LogP contribution >= 0.6 is 11.9 Å². The second-order valence-corrected chi connectivity index (χ2v) is 3.12. The van der Waals surface area contributed by atoms with Gasteiger partial charge in [0.15, 0.2) is 0 Å². The number of aliphatic imine (C=N–C) groups is 1. The minimum atomic E-state index is 0.370. The minimum Gasteiger partial charge on any atom is -0.276 e. The van der Waals surface area contributed by atoms with Crippen molar-refractivity contribution in [1.82, 2.24) is 4.31 Å². The first kappa shape index (κ1) is 5.50. The molecule has 0 saturated heterocycles. The fourth-order valence-electron chi connectivity index (χ4n) is 1.07. The molecule has 0 aromatic rings. The van der Waals surface area contributed by atoms with Crippen LogP contribution in [0.5, 0.6) is 0 Å². The van der Waals surface area contributed by atoms with Crippen LogP contribution in [-0.4, -0.2) is 22.7 Å². The van der Waals surface area contributed by atoms with E-state index in [2.05, 4.69) is 27.7 Å². The van der Waals surface area contributed by atoms with E-state index in [0.29, 0.717) is 12.2 Å². The molecule has 3 heteroatoms. The third-order valence-electron chi connectivity index (χ3n) is 1.57. The van der Waals surface area contributed by atoms with Crippen molar-refractivity contribution in [2.75, 3.05) is 0 Å². The first-order chi connectivity index (χ1) is 4.38. The van der Waals surface area contributed by atoms with Crippen molar-refractivity contribution in [1.29, 1.82) is 0 Å². The molecule has 0 fully saturated rings. The van der Waals surface area contributed by atoms with Crippen LogP contribution in [0.4, 0.5) is 0 Å². The van der Waals surface area contributed by atoms with E-state index in [1.165, 1.54) is 0 Å². The Labute approximate surface area is 58.8 Å². The molecule has 0 spiro atoms. The second kappa shape index (κ2) is 1.85. The van der Waals surface area contributed by atoms with Gasteiger partial charge in [-0.2, -0.15) is 0 Å². The van der Waals surface area contributed by atoms with E-state index < -0.39 is 0 Å². The Balaban J connectivity index is 2.22. The van der Waals surface area contributed by atoms with Gasteiger partial charge in [0.05, 0.1) is 6.04 Å². The number of nitrogens with zero attached hydrogens (tertiary/aromatic N) is 2. The summed E-state index contributed by atoms with van der Waals surface area (Å²) in [5, 5.41) is 2.12. The second-order valence-electron chi connectivity index (χ2n) is 2.21. The van der Waals surface area contributed by atoms with E-state index >= 15 is 0 Å². The van der Waals surface area contributed by atoms with Crippen molar-refractivity contribution in [2.24, 2.45) is 4.99 Å². The van der Waals surface area contributed by atoms with Gasteiger partial charge < -0.3 is 0 Å². The standard InChI is InChI=1S/C6H8N2S/c1-5-7-4-6-2-3-9-8(5)6/h2-6H,1H3. The van der Waals surface area contributed by atoms with Gasteiger partial charge in [-0.15, -0.1) is 0 Å². The SMILES string of the molecule is CC1N=CC2C=CSN21. The first-order valence-corrected chi connectivity index (χ1v) is 3.86. The molecule has 2 heterocycles. The van der Waals surface area contributed by atoms with Crippen LogP contribution in [0.1, 0.15) is 6.92 Å². The Morgan fingerprint density at radius 3 is 3.33 bits per heavy atom. The van der Waals surface area contributed by atoms with Gasteiger partial charge in [0.1, 0.15) is 6.17 Å². The van der Waals surface area contributed by atoms with Gasteiger partial charge in [-0.25, -0.2) is 4.31 Å². The van der Waals surface area contributed by atoms with E-state index in [4.69, 9.17) is 0 Å². The lowest BCUT2D eigenvalue weighted by Crippen LogP contribution is -2.24.